The van der Waals surface area contributed by atoms with Crippen molar-refractivity contribution in [3.05, 3.63) is 109 Å². The van der Waals surface area contributed by atoms with E-state index in [4.69, 9.17) is 18.9 Å². The first-order chi connectivity index (χ1) is 24.1. The van der Waals surface area contributed by atoms with Gasteiger partial charge in [-0.1, -0.05) is 91.5 Å². The lowest BCUT2D eigenvalue weighted by Crippen LogP contribution is -2.07. The Balaban J connectivity index is 1.27. The number of esters is 2. The quantitative estimate of drug-likeness (QED) is 0.0401. The third-order valence-corrected chi connectivity index (χ3v) is 9.13. The van der Waals surface area contributed by atoms with Crippen LogP contribution in [0.4, 0.5) is 0 Å². The second-order valence-electron chi connectivity index (χ2n) is 13.2. The molecule has 6 heteroatoms. The van der Waals surface area contributed by atoms with E-state index < -0.39 is 0 Å². The van der Waals surface area contributed by atoms with Gasteiger partial charge in [0, 0.05) is 24.0 Å². The number of hydrogen-bond donors (Lipinski definition) is 0. The van der Waals surface area contributed by atoms with E-state index in [0.717, 1.165) is 73.3 Å². The van der Waals surface area contributed by atoms with Crippen LogP contribution in [0.3, 0.4) is 0 Å². The summed E-state index contributed by atoms with van der Waals surface area (Å²) < 4.78 is 23.2. The maximum atomic E-state index is 12.3. The Morgan fingerprint density at radius 1 is 0.520 bits per heavy atom. The molecule has 0 spiro atoms. The van der Waals surface area contributed by atoms with Crippen molar-refractivity contribution in [3.63, 3.8) is 0 Å². The van der Waals surface area contributed by atoms with Crippen molar-refractivity contribution >= 4 is 34.2 Å². The van der Waals surface area contributed by atoms with Gasteiger partial charge in [0.05, 0.1) is 0 Å². The fourth-order valence-corrected chi connectivity index (χ4v) is 5.45. The van der Waals surface area contributed by atoms with Crippen LogP contribution in [0, 0.1) is 11.8 Å². The van der Waals surface area contributed by atoms with E-state index in [2.05, 4.69) is 40.9 Å². The molecule has 0 aliphatic heterocycles. The zero-order valence-electron chi connectivity index (χ0n) is 30.2. The molecule has 0 aliphatic carbocycles. The second kappa shape index (κ2) is 19.4. The van der Waals surface area contributed by atoms with Crippen LogP contribution >= 0.6 is 0 Å². The maximum absolute atomic E-state index is 12.3. The molecule has 4 aromatic carbocycles. The fraction of sp³-hybridized carbons (Fsp3) is 0.364. The highest BCUT2D eigenvalue weighted by atomic mass is 16.5. The van der Waals surface area contributed by atoms with Gasteiger partial charge in [0.2, 0.25) is 0 Å². The maximum Gasteiger partial charge on any atom is 0.311 e. The minimum Gasteiger partial charge on any atom is -0.457 e. The molecule has 0 fully saturated rings. The molecular weight excluding hydrogens is 624 g/mol. The SMILES string of the molecule is C=C(Oc1ccc2ccc(OC(=C)c3ccc(OC(=O)CCCCC(C)CC)cc3)cc2c1)c1ccc(OC(=O)CCCCC(C)CC)cc1. The van der Waals surface area contributed by atoms with Crippen molar-refractivity contribution < 1.29 is 28.5 Å². The average Bonchev–Trinajstić information content (AvgIpc) is 3.12. The smallest absolute Gasteiger partial charge is 0.311 e. The van der Waals surface area contributed by atoms with Gasteiger partial charge in [-0.25, -0.2) is 0 Å². The number of ether oxygens (including phenoxy) is 4. The molecule has 4 rings (SSSR count). The molecule has 0 aliphatic rings. The van der Waals surface area contributed by atoms with Crippen LogP contribution in [-0.4, -0.2) is 11.9 Å². The first-order valence-corrected chi connectivity index (χ1v) is 18.0. The van der Waals surface area contributed by atoms with E-state index in [0.29, 0.717) is 59.2 Å². The monoisotopic (exact) mass is 676 g/mol. The summed E-state index contributed by atoms with van der Waals surface area (Å²) in [6.45, 7) is 17.1. The molecule has 50 heavy (non-hydrogen) atoms. The molecular formula is C44H52O6. The van der Waals surface area contributed by atoms with E-state index >= 15 is 0 Å². The highest BCUT2D eigenvalue weighted by molar-refractivity contribution is 5.86. The van der Waals surface area contributed by atoms with Gasteiger partial charge in [-0.05, 0) is 108 Å². The van der Waals surface area contributed by atoms with Crippen LogP contribution in [0.5, 0.6) is 23.0 Å². The number of hydrogen-bond acceptors (Lipinski definition) is 6. The van der Waals surface area contributed by atoms with Gasteiger partial charge in [-0.2, -0.15) is 0 Å². The zero-order chi connectivity index (χ0) is 35.9. The van der Waals surface area contributed by atoms with Gasteiger partial charge in [-0.3, -0.25) is 9.59 Å². The van der Waals surface area contributed by atoms with Crippen LogP contribution in [0.25, 0.3) is 22.3 Å². The van der Waals surface area contributed by atoms with Gasteiger partial charge in [-0.15, -0.1) is 0 Å². The molecule has 2 unspecified atom stereocenters. The van der Waals surface area contributed by atoms with Crippen molar-refractivity contribution in [1.29, 1.82) is 0 Å². The molecule has 4 aromatic rings. The van der Waals surface area contributed by atoms with Crippen molar-refractivity contribution in [2.75, 3.05) is 0 Å². The lowest BCUT2D eigenvalue weighted by atomic mass is 10.0. The van der Waals surface area contributed by atoms with Crippen LogP contribution < -0.4 is 18.9 Å². The molecule has 0 N–H and O–H groups in total. The molecule has 2 atom stereocenters. The molecule has 0 saturated carbocycles. The zero-order valence-corrected chi connectivity index (χ0v) is 30.2. The molecule has 0 aromatic heterocycles. The molecule has 0 amide bonds. The Kier molecular flexibility index (Phi) is 14.7. The van der Waals surface area contributed by atoms with Crippen molar-refractivity contribution in [2.45, 2.75) is 91.9 Å². The third kappa shape index (κ3) is 12.2. The lowest BCUT2D eigenvalue weighted by Gasteiger charge is -2.13. The Labute approximate surface area is 298 Å². The average molecular weight is 677 g/mol. The molecule has 0 bridgehead atoms. The highest BCUT2D eigenvalue weighted by Crippen LogP contribution is 2.30. The first kappa shape index (κ1) is 38.0. The Morgan fingerprint density at radius 3 is 1.28 bits per heavy atom. The van der Waals surface area contributed by atoms with Gasteiger partial charge in [0.1, 0.15) is 34.5 Å². The molecule has 264 valence electrons. The topological polar surface area (TPSA) is 71.1 Å². The third-order valence-electron chi connectivity index (χ3n) is 9.13. The molecule has 0 heterocycles. The fourth-order valence-electron chi connectivity index (χ4n) is 5.45. The Morgan fingerprint density at radius 2 is 0.900 bits per heavy atom. The number of carbonyl (C=O) groups is 2. The highest BCUT2D eigenvalue weighted by Gasteiger charge is 2.11. The van der Waals surface area contributed by atoms with E-state index in [1.807, 2.05) is 60.7 Å². The van der Waals surface area contributed by atoms with Crippen molar-refractivity contribution in [2.24, 2.45) is 11.8 Å². The molecule has 0 saturated heterocycles. The minimum absolute atomic E-state index is 0.214. The summed E-state index contributed by atoms with van der Waals surface area (Å²) in [6.07, 6.45) is 9.19. The largest absolute Gasteiger partial charge is 0.457 e. The number of benzene rings is 4. The van der Waals surface area contributed by atoms with E-state index in [1.54, 1.807) is 24.3 Å². The summed E-state index contributed by atoms with van der Waals surface area (Å²) >= 11 is 0. The van der Waals surface area contributed by atoms with Crippen LogP contribution in [0.2, 0.25) is 0 Å². The Bertz CT molecular complexity index is 1600. The predicted molar refractivity (Wildman–Crippen MR) is 203 cm³/mol. The lowest BCUT2D eigenvalue weighted by molar-refractivity contribution is -0.135. The molecule has 6 nitrogen and oxygen atoms in total. The predicted octanol–water partition coefficient (Wildman–Crippen LogP) is 12.0. The number of rotatable bonds is 20. The van der Waals surface area contributed by atoms with Gasteiger partial charge >= 0.3 is 11.9 Å². The number of fused-ring (bicyclic) bond motifs is 1. The van der Waals surface area contributed by atoms with Crippen LogP contribution in [0.1, 0.15) is 103 Å². The van der Waals surface area contributed by atoms with Gasteiger partial charge in [0.15, 0.2) is 0 Å². The summed E-state index contributed by atoms with van der Waals surface area (Å²) in [4.78, 5) is 24.5. The first-order valence-electron chi connectivity index (χ1n) is 18.0. The van der Waals surface area contributed by atoms with Gasteiger partial charge in [0.25, 0.3) is 0 Å². The number of carbonyl (C=O) groups excluding carboxylic acids is 2. The van der Waals surface area contributed by atoms with Crippen LogP contribution in [-0.2, 0) is 9.59 Å². The summed E-state index contributed by atoms with van der Waals surface area (Å²) in [5.74, 6) is 4.18. The van der Waals surface area contributed by atoms with Crippen LogP contribution in [0.15, 0.2) is 98.1 Å². The van der Waals surface area contributed by atoms with E-state index in [-0.39, 0.29) is 11.9 Å². The summed E-state index contributed by atoms with van der Waals surface area (Å²) in [5, 5.41) is 1.96. The minimum atomic E-state index is -0.214. The van der Waals surface area contributed by atoms with Gasteiger partial charge < -0.3 is 18.9 Å². The number of unbranched alkanes of at least 4 members (excludes halogenated alkanes) is 2. The standard InChI is InChI=1S/C44H52O6/c1-7-31(3)13-9-11-15-43(45)49-39-23-17-35(18-24-39)33(5)47-41-27-21-37-22-28-42(30-38(37)29-41)48-34(6)36-19-25-40(26-20-36)50-44(46)16-12-10-14-32(4)8-2/h17-32H,5-16H2,1-4H3. The van der Waals surface area contributed by atoms with E-state index in [1.165, 1.54) is 0 Å². The summed E-state index contributed by atoms with van der Waals surface area (Å²) in [7, 11) is 0. The normalized spacial score (nSPS) is 12.2. The summed E-state index contributed by atoms with van der Waals surface area (Å²) in [5.41, 5.74) is 1.56. The van der Waals surface area contributed by atoms with Crippen molar-refractivity contribution in [1.82, 2.24) is 0 Å². The summed E-state index contributed by atoms with van der Waals surface area (Å²) in [6, 6.07) is 26.0. The molecule has 0 radical (unpaired) electrons. The van der Waals surface area contributed by atoms with Crippen molar-refractivity contribution in [3.8, 4) is 23.0 Å². The Hall–Kier alpha value is -4.84. The second-order valence-corrected chi connectivity index (χ2v) is 13.2. The van der Waals surface area contributed by atoms with E-state index in [9.17, 15) is 9.59 Å².